The molecule has 3 N–H and O–H groups in total. The van der Waals surface area contributed by atoms with Crippen LogP contribution in [0.3, 0.4) is 0 Å². The second-order valence-corrected chi connectivity index (χ2v) is 6.44. The van der Waals surface area contributed by atoms with E-state index in [4.69, 9.17) is 0 Å². The first-order chi connectivity index (χ1) is 11.1. The van der Waals surface area contributed by atoms with Gasteiger partial charge in [-0.05, 0) is 19.7 Å². The first kappa shape index (κ1) is 17.4. The molecule has 0 aliphatic carbocycles. The first-order valence-electron chi connectivity index (χ1n) is 7.38. The lowest BCUT2D eigenvalue weighted by Crippen LogP contribution is -2.39. The summed E-state index contributed by atoms with van der Waals surface area (Å²) in [6.45, 7) is 1.03. The topological polar surface area (TPSA) is 77.5 Å². The number of hydrogen-bond acceptors (Lipinski definition) is 5. The highest BCUT2D eigenvalue weighted by Crippen LogP contribution is 2.22. The molecule has 1 aromatic carbocycles. The van der Waals surface area contributed by atoms with Crippen LogP contribution in [-0.2, 0) is 0 Å². The second kappa shape index (κ2) is 8.61. The Kier molecular flexibility index (Phi) is 6.52. The van der Waals surface area contributed by atoms with Gasteiger partial charge in [0.25, 0.3) is 0 Å². The maximum Gasteiger partial charge on any atom is 0.321 e. The highest BCUT2D eigenvalue weighted by atomic mass is 32.1. The van der Waals surface area contributed by atoms with E-state index < -0.39 is 6.10 Å². The fourth-order valence-electron chi connectivity index (χ4n) is 2.32. The number of nitrogens with one attached hydrogen (secondary N) is 2. The number of aromatic nitrogens is 1. The Morgan fingerprint density at radius 3 is 2.70 bits per heavy atom. The van der Waals surface area contributed by atoms with Gasteiger partial charge in [-0.25, -0.2) is 9.78 Å². The lowest BCUT2D eigenvalue weighted by Gasteiger charge is -2.26. The summed E-state index contributed by atoms with van der Waals surface area (Å²) in [5, 5.41) is 18.4. The minimum absolute atomic E-state index is 0.116. The molecule has 0 saturated carbocycles. The second-order valence-electron chi connectivity index (χ2n) is 5.55. The summed E-state index contributed by atoms with van der Waals surface area (Å²) in [5.41, 5.74) is 0.849. The zero-order chi connectivity index (χ0) is 16.7. The number of nitrogens with zero attached hydrogens (tertiary/aromatic N) is 2. The summed E-state index contributed by atoms with van der Waals surface area (Å²) >= 11 is 1.36. The van der Waals surface area contributed by atoms with Crippen LogP contribution >= 0.6 is 11.3 Å². The minimum Gasteiger partial charge on any atom is -0.388 e. The van der Waals surface area contributed by atoms with Crippen LogP contribution < -0.4 is 10.6 Å². The van der Waals surface area contributed by atoms with Crippen molar-refractivity contribution in [2.45, 2.75) is 6.10 Å². The van der Waals surface area contributed by atoms with Gasteiger partial charge < -0.3 is 15.3 Å². The Morgan fingerprint density at radius 1 is 1.35 bits per heavy atom. The molecule has 2 amide bonds. The van der Waals surface area contributed by atoms with Crippen molar-refractivity contribution in [1.29, 1.82) is 0 Å². The molecule has 124 valence electrons. The molecule has 1 heterocycles. The smallest absolute Gasteiger partial charge is 0.321 e. The maximum atomic E-state index is 11.9. The van der Waals surface area contributed by atoms with Crippen LogP contribution in [0.4, 0.5) is 9.93 Å². The van der Waals surface area contributed by atoms with Gasteiger partial charge in [0.05, 0.1) is 6.10 Å². The number of aliphatic hydroxyl groups is 1. The number of hydrogen-bond donors (Lipinski definition) is 3. The van der Waals surface area contributed by atoms with E-state index in [1.807, 2.05) is 49.3 Å². The normalized spacial score (nSPS) is 13.6. The van der Waals surface area contributed by atoms with E-state index in [0.717, 1.165) is 5.56 Å². The van der Waals surface area contributed by atoms with Crippen molar-refractivity contribution >= 4 is 22.5 Å². The van der Waals surface area contributed by atoms with Gasteiger partial charge in [0.1, 0.15) is 0 Å². The summed E-state index contributed by atoms with van der Waals surface area (Å²) in [5.74, 6) is -0.116. The zero-order valence-corrected chi connectivity index (χ0v) is 14.1. The predicted molar refractivity (Wildman–Crippen MR) is 92.6 cm³/mol. The van der Waals surface area contributed by atoms with E-state index in [1.165, 1.54) is 11.3 Å². The largest absolute Gasteiger partial charge is 0.388 e. The molecule has 2 aromatic rings. The summed E-state index contributed by atoms with van der Waals surface area (Å²) in [4.78, 5) is 17.9. The fraction of sp³-hybridized carbons (Fsp3) is 0.375. The van der Waals surface area contributed by atoms with Crippen LogP contribution in [-0.4, -0.2) is 48.2 Å². The third kappa shape index (κ3) is 5.63. The number of carbonyl (C=O) groups excluding carboxylic acids is 1. The molecule has 0 aliphatic rings. The van der Waals surface area contributed by atoms with Gasteiger partial charge in [-0.3, -0.25) is 5.32 Å². The first-order valence-corrected chi connectivity index (χ1v) is 8.26. The maximum absolute atomic E-state index is 11.9. The Morgan fingerprint density at radius 2 is 2.09 bits per heavy atom. The molecule has 2 atom stereocenters. The number of thiazole rings is 1. The molecule has 7 heteroatoms. The summed E-state index contributed by atoms with van der Waals surface area (Å²) in [7, 11) is 3.89. The number of benzene rings is 1. The van der Waals surface area contributed by atoms with Gasteiger partial charge in [0, 0.05) is 30.6 Å². The molecule has 0 radical (unpaired) electrons. The summed E-state index contributed by atoms with van der Waals surface area (Å²) in [6, 6.07) is 9.17. The van der Waals surface area contributed by atoms with E-state index in [2.05, 4.69) is 15.6 Å². The van der Waals surface area contributed by atoms with Crippen LogP contribution in [0.2, 0.25) is 0 Å². The van der Waals surface area contributed by atoms with Gasteiger partial charge in [-0.15, -0.1) is 11.3 Å². The lowest BCUT2D eigenvalue weighted by atomic mass is 9.95. The predicted octanol–water partition coefficient (Wildman–Crippen LogP) is 2.18. The number of aliphatic hydroxyl groups excluding tert-OH is 1. The van der Waals surface area contributed by atoms with Crippen LogP contribution in [0.15, 0.2) is 41.9 Å². The molecule has 0 bridgehead atoms. The molecule has 2 unspecified atom stereocenters. The highest BCUT2D eigenvalue weighted by molar-refractivity contribution is 7.13. The monoisotopic (exact) mass is 334 g/mol. The number of rotatable bonds is 7. The number of carbonyl (C=O) groups is 1. The standard InChI is InChI=1S/C16H22N4O2S/c1-20(2)11-13(14(21)12-6-4-3-5-7-12)10-18-15(22)19-16-17-8-9-23-16/h3-9,13-14,21H,10-11H2,1-2H3,(H2,17,18,19,22). The van der Waals surface area contributed by atoms with Crippen LogP contribution in [0.25, 0.3) is 0 Å². The molecule has 6 nitrogen and oxygen atoms in total. The van der Waals surface area contributed by atoms with E-state index >= 15 is 0 Å². The third-order valence-electron chi connectivity index (χ3n) is 3.36. The third-order valence-corrected chi connectivity index (χ3v) is 4.05. The molecule has 0 spiro atoms. The minimum atomic E-state index is -0.640. The van der Waals surface area contributed by atoms with E-state index in [1.54, 1.807) is 11.6 Å². The van der Waals surface area contributed by atoms with Crippen molar-refractivity contribution < 1.29 is 9.90 Å². The van der Waals surface area contributed by atoms with Crippen LogP contribution in [0.1, 0.15) is 11.7 Å². The zero-order valence-electron chi connectivity index (χ0n) is 13.3. The van der Waals surface area contributed by atoms with Crippen LogP contribution in [0.5, 0.6) is 0 Å². The van der Waals surface area contributed by atoms with E-state index in [-0.39, 0.29) is 11.9 Å². The van der Waals surface area contributed by atoms with Gasteiger partial charge in [0.2, 0.25) is 0 Å². The van der Waals surface area contributed by atoms with Crippen molar-refractivity contribution in [3.63, 3.8) is 0 Å². The van der Waals surface area contributed by atoms with Crippen molar-refractivity contribution in [1.82, 2.24) is 15.2 Å². The molecule has 23 heavy (non-hydrogen) atoms. The lowest BCUT2D eigenvalue weighted by molar-refractivity contribution is 0.0911. The molecule has 0 saturated heterocycles. The molecule has 0 fully saturated rings. The van der Waals surface area contributed by atoms with E-state index in [0.29, 0.717) is 18.2 Å². The molecule has 1 aromatic heterocycles. The number of anilines is 1. The highest BCUT2D eigenvalue weighted by Gasteiger charge is 2.22. The van der Waals surface area contributed by atoms with Gasteiger partial charge in [-0.2, -0.15) is 0 Å². The Bertz CT molecular complexity index is 589. The Balaban J connectivity index is 1.94. The molecular formula is C16H22N4O2S. The van der Waals surface area contributed by atoms with Crippen molar-refractivity contribution in [2.75, 3.05) is 32.5 Å². The van der Waals surface area contributed by atoms with Crippen molar-refractivity contribution in [2.24, 2.45) is 5.92 Å². The fourth-order valence-corrected chi connectivity index (χ4v) is 2.84. The van der Waals surface area contributed by atoms with Gasteiger partial charge in [0.15, 0.2) is 5.13 Å². The molecule has 2 rings (SSSR count). The summed E-state index contributed by atoms with van der Waals surface area (Å²) < 4.78 is 0. The van der Waals surface area contributed by atoms with Crippen molar-refractivity contribution in [3.05, 3.63) is 47.5 Å². The average molecular weight is 334 g/mol. The number of urea groups is 1. The Labute approximate surface area is 140 Å². The Hall–Kier alpha value is -1.96. The average Bonchev–Trinajstić information content (AvgIpc) is 3.04. The van der Waals surface area contributed by atoms with Crippen molar-refractivity contribution in [3.8, 4) is 0 Å². The SMILES string of the molecule is CN(C)CC(CNC(=O)Nc1nccs1)C(O)c1ccccc1. The molecular weight excluding hydrogens is 312 g/mol. The van der Waals surface area contributed by atoms with Gasteiger partial charge in [-0.1, -0.05) is 30.3 Å². The van der Waals surface area contributed by atoms with Crippen LogP contribution in [0, 0.1) is 5.92 Å². The molecule has 0 aliphatic heterocycles. The quantitative estimate of drug-likeness (QED) is 0.725. The number of amides is 2. The summed E-state index contributed by atoms with van der Waals surface area (Å²) in [6.07, 6.45) is 0.993. The van der Waals surface area contributed by atoms with E-state index in [9.17, 15) is 9.90 Å². The van der Waals surface area contributed by atoms with Gasteiger partial charge >= 0.3 is 6.03 Å².